The molecule has 0 radical (unpaired) electrons. The van der Waals surface area contributed by atoms with E-state index in [2.05, 4.69) is 5.32 Å². The summed E-state index contributed by atoms with van der Waals surface area (Å²) in [7, 11) is -3.68. The van der Waals surface area contributed by atoms with Crippen molar-refractivity contribution in [1.29, 1.82) is 0 Å². The van der Waals surface area contributed by atoms with Crippen LogP contribution in [0.15, 0.2) is 53.4 Å². The number of morpholine rings is 1. The number of ether oxygens (including phenoxy) is 2. The summed E-state index contributed by atoms with van der Waals surface area (Å²) in [6.07, 6.45) is 0. The van der Waals surface area contributed by atoms with Gasteiger partial charge in [0.05, 0.1) is 35.0 Å². The maximum Gasteiger partial charge on any atom is 0.338 e. The highest BCUT2D eigenvalue weighted by atomic mass is 32.2. The molecule has 2 heterocycles. The Hall–Kier alpha value is -3.28. The topological polar surface area (TPSA) is 122 Å². The Balaban J connectivity index is 1.39. The molecule has 2 aliphatic rings. The van der Waals surface area contributed by atoms with Gasteiger partial charge in [-0.3, -0.25) is 14.5 Å². The first-order chi connectivity index (χ1) is 15.4. The zero-order chi connectivity index (χ0) is 22.7. The van der Waals surface area contributed by atoms with E-state index in [1.54, 1.807) is 24.3 Å². The first-order valence-electron chi connectivity index (χ1n) is 9.90. The van der Waals surface area contributed by atoms with Gasteiger partial charge in [-0.05, 0) is 36.4 Å². The molecule has 0 aliphatic carbocycles. The van der Waals surface area contributed by atoms with Crippen LogP contribution < -0.4 is 10.2 Å². The number of anilines is 2. The SMILES string of the molecule is O=C1CN(C(=O)COC(=O)c2ccc(S(=O)(=O)N3CCOCC3)cc2)c2ccccc2N1. The minimum absolute atomic E-state index is 0.0583. The maximum absolute atomic E-state index is 12.7. The van der Waals surface area contributed by atoms with E-state index in [9.17, 15) is 22.8 Å². The number of benzene rings is 2. The largest absolute Gasteiger partial charge is 0.452 e. The standard InChI is InChI=1S/C21H21N3O7S/c25-19-13-24(18-4-2-1-3-17(18)22-19)20(26)14-31-21(27)15-5-7-16(8-6-15)32(28,29)23-9-11-30-12-10-23/h1-8H,9-14H2,(H,22,25). The van der Waals surface area contributed by atoms with Crippen molar-refractivity contribution in [3.63, 3.8) is 0 Å². The summed E-state index contributed by atoms with van der Waals surface area (Å²) in [6.45, 7) is 0.467. The molecule has 2 aromatic carbocycles. The highest BCUT2D eigenvalue weighted by Crippen LogP contribution is 2.28. The molecule has 0 aromatic heterocycles. The van der Waals surface area contributed by atoms with E-state index in [0.717, 1.165) is 0 Å². The Labute approximate surface area is 184 Å². The van der Waals surface area contributed by atoms with Crippen LogP contribution in [0.2, 0.25) is 0 Å². The number of esters is 1. The van der Waals surface area contributed by atoms with Gasteiger partial charge in [0.15, 0.2) is 6.61 Å². The fourth-order valence-electron chi connectivity index (χ4n) is 3.44. The minimum atomic E-state index is -3.68. The number of carbonyl (C=O) groups is 3. The lowest BCUT2D eigenvalue weighted by atomic mass is 10.2. The van der Waals surface area contributed by atoms with Crippen molar-refractivity contribution in [2.24, 2.45) is 0 Å². The van der Waals surface area contributed by atoms with E-state index >= 15 is 0 Å². The Morgan fingerprint density at radius 3 is 2.44 bits per heavy atom. The summed E-state index contributed by atoms with van der Waals surface area (Å²) in [4.78, 5) is 38.1. The predicted octanol–water partition coefficient (Wildman–Crippen LogP) is 0.850. The molecule has 1 N–H and O–H groups in total. The molecule has 0 saturated carbocycles. The molecule has 2 amide bonds. The lowest BCUT2D eigenvalue weighted by Gasteiger charge is -2.28. The van der Waals surface area contributed by atoms with Gasteiger partial charge in [-0.15, -0.1) is 0 Å². The molecule has 0 spiro atoms. The Morgan fingerprint density at radius 1 is 1.03 bits per heavy atom. The zero-order valence-electron chi connectivity index (χ0n) is 17.0. The van der Waals surface area contributed by atoms with Crippen LogP contribution in [0.3, 0.4) is 0 Å². The highest BCUT2D eigenvalue weighted by molar-refractivity contribution is 7.89. The van der Waals surface area contributed by atoms with Crippen molar-refractivity contribution in [3.8, 4) is 0 Å². The first-order valence-corrected chi connectivity index (χ1v) is 11.3. The highest BCUT2D eigenvalue weighted by Gasteiger charge is 2.28. The van der Waals surface area contributed by atoms with Crippen LogP contribution in [0, 0.1) is 0 Å². The summed E-state index contributed by atoms with van der Waals surface area (Å²) in [6, 6.07) is 12.1. The molecule has 0 unspecified atom stereocenters. The fraction of sp³-hybridized carbons (Fsp3) is 0.286. The first kappa shape index (κ1) is 21.9. The number of amides is 2. The van der Waals surface area contributed by atoms with E-state index in [1.807, 2.05) is 0 Å². The van der Waals surface area contributed by atoms with E-state index in [1.165, 1.54) is 33.5 Å². The summed E-state index contributed by atoms with van der Waals surface area (Å²) in [5.74, 6) is -1.67. The van der Waals surface area contributed by atoms with Crippen LogP contribution >= 0.6 is 0 Å². The molecular weight excluding hydrogens is 438 g/mol. The van der Waals surface area contributed by atoms with Crippen LogP contribution in [-0.4, -0.2) is 70.0 Å². The van der Waals surface area contributed by atoms with Crippen molar-refractivity contribution >= 4 is 39.2 Å². The third kappa shape index (κ3) is 4.49. The van der Waals surface area contributed by atoms with Gasteiger partial charge in [-0.25, -0.2) is 13.2 Å². The number of nitrogens with zero attached hydrogens (tertiary/aromatic N) is 2. The number of carbonyl (C=O) groups excluding carboxylic acids is 3. The number of nitrogens with one attached hydrogen (secondary N) is 1. The summed E-state index contributed by atoms with van der Waals surface area (Å²) in [5, 5.41) is 2.68. The monoisotopic (exact) mass is 459 g/mol. The van der Waals surface area contributed by atoms with Crippen LogP contribution in [0.5, 0.6) is 0 Å². The number of rotatable bonds is 5. The van der Waals surface area contributed by atoms with Crippen molar-refractivity contribution < 1.29 is 32.3 Å². The second kappa shape index (κ2) is 9.07. The van der Waals surface area contributed by atoms with Crippen molar-refractivity contribution in [2.45, 2.75) is 4.90 Å². The van der Waals surface area contributed by atoms with E-state index in [4.69, 9.17) is 9.47 Å². The summed E-state index contributed by atoms with van der Waals surface area (Å²) < 4.78 is 36.9. The van der Waals surface area contributed by atoms with Gasteiger partial charge < -0.3 is 14.8 Å². The van der Waals surface area contributed by atoms with Gasteiger partial charge in [0.2, 0.25) is 15.9 Å². The van der Waals surface area contributed by atoms with Crippen molar-refractivity contribution in [3.05, 3.63) is 54.1 Å². The number of sulfonamides is 1. The molecule has 168 valence electrons. The molecule has 1 fully saturated rings. The number of hydrogen-bond donors (Lipinski definition) is 1. The molecule has 32 heavy (non-hydrogen) atoms. The van der Waals surface area contributed by atoms with E-state index in [-0.39, 0.29) is 36.0 Å². The number of hydrogen-bond acceptors (Lipinski definition) is 7. The predicted molar refractivity (Wildman–Crippen MR) is 114 cm³/mol. The molecular formula is C21H21N3O7S. The van der Waals surface area contributed by atoms with Gasteiger partial charge in [0, 0.05) is 13.1 Å². The quantitative estimate of drug-likeness (QED) is 0.658. The third-order valence-corrected chi connectivity index (χ3v) is 7.01. The number of para-hydroxylation sites is 2. The van der Waals surface area contributed by atoms with Gasteiger partial charge in [-0.1, -0.05) is 12.1 Å². The van der Waals surface area contributed by atoms with Crippen LogP contribution in [0.4, 0.5) is 11.4 Å². The summed E-state index contributed by atoms with van der Waals surface area (Å²) in [5.41, 5.74) is 1.13. The molecule has 2 aromatic rings. The van der Waals surface area contributed by atoms with Gasteiger partial charge in [0.1, 0.15) is 6.54 Å². The Kier molecular flexibility index (Phi) is 6.21. The van der Waals surface area contributed by atoms with E-state index in [0.29, 0.717) is 24.6 Å². The van der Waals surface area contributed by atoms with Crippen molar-refractivity contribution in [1.82, 2.24) is 4.31 Å². The fourth-order valence-corrected chi connectivity index (χ4v) is 4.85. The van der Waals surface area contributed by atoms with Crippen molar-refractivity contribution in [2.75, 3.05) is 49.7 Å². The lowest BCUT2D eigenvalue weighted by molar-refractivity contribution is -0.124. The van der Waals surface area contributed by atoms with Crippen LogP contribution in [0.25, 0.3) is 0 Å². The average molecular weight is 459 g/mol. The summed E-state index contributed by atoms with van der Waals surface area (Å²) >= 11 is 0. The molecule has 0 atom stereocenters. The molecule has 1 saturated heterocycles. The molecule has 2 aliphatic heterocycles. The second-order valence-electron chi connectivity index (χ2n) is 7.16. The van der Waals surface area contributed by atoms with Gasteiger partial charge in [0.25, 0.3) is 5.91 Å². The van der Waals surface area contributed by atoms with Gasteiger partial charge in [-0.2, -0.15) is 4.31 Å². The Morgan fingerprint density at radius 2 is 1.72 bits per heavy atom. The molecule has 11 heteroatoms. The number of fused-ring (bicyclic) bond motifs is 1. The van der Waals surface area contributed by atoms with Gasteiger partial charge >= 0.3 is 5.97 Å². The average Bonchev–Trinajstić information content (AvgIpc) is 2.82. The Bertz CT molecular complexity index is 1140. The molecule has 4 rings (SSSR count). The zero-order valence-corrected chi connectivity index (χ0v) is 17.8. The third-order valence-electron chi connectivity index (χ3n) is 5.10. The molecule has 0 bridgehead atoms. The lowest BCUT2D eigenvalue weighted by Crippen LogP contribution is -2.44. The second-order valence-corrected chi connectivity index (χ2v) is 9.10. The maximum atomic E-state index is 12.7. The van der Waals surface area contributed by atoms with E-state index < -0.39 is 28.5 Å². The molecule has 10 nitrogen and oxygen atoms in total. The normalized spacial score (nSPS) is 16.8. The smallest absolute Gasteiger partial charge is 0.338 e. The van der Waals surface area contributed by atoms with Crippen LogP contribution in [0.1, 0.15) is 10.4 Å². The van der Waals surface area contributed by atoms with Crippen LogP contribution in [-0.2, 0) is 29.1 Å². The minimum Gasteiger partial charge on any atom is -0.452 e.